The van der Waals surface area contributed by atoms with Crippen LogP contribution in [0.15, 0.2) is 54.6 Å². The fraction of sp³-hybridized carbons (Fsp3) is 0.300. The standard InChI is InChI=1S/C20H21FN2O2/c1-22(18-7-3-2-4-8-18)19(24)16-6-5-13-23(14-16)20(25)15-9-11-17(21)12-10-15/h2-4,7-12,16H,5-6,13-14H2,1H3. The highest BCUT2D eigenvalue weighted by Crippen LogP contribution is 2.23. The number of para-hydroxylation sites is 1. The number of nitrogens with zero attached hydrogens (tertiary/aromatic N) is 2. The van der Waals surface area contributed by atoms with E-state index in [1.54, 1.807) is 16.8 Å². The Balaban J connectivity index is 1.69. The van der Waals surface area contributed by atoms with Crippen molar-refractivity contribution in [1.29, 1.82) is 0 Å². The van der Waals surface area contributed by atoms with Crippen molar-refractivity contribution in [2.75, 3.05) is 25.0 Å². The van der Waals surface area contributed by atoms with Crippen molar-refractivity contribution >= 4 is 17.5 Å². The highest BCUT2D eigenvalue weighted by molar-refractivity contribution is 5.97. The third kappa shape index (κ3) is 3.87. The third-order valence-corrected chi connectivity index (χ3v) is 4.62. The molecule has 0 spiro atoms. The van der Waals surface area contributed by atoms with Crippen LogP contribution in [0.25, 0.3) is 0 Å². The minimum atomic E-state index is -0.368. The number of piperidine rings is 1. The van der Waals surface area contributed by atoms with Crippen molar-refractivity contribution in [3.8, 4) is 0 Å². The largest absolute Gasteiger partial charge is 0.338 e. The monoisotopic (exact) mass is 340 g/mol. The van der Waals surface area contributed by atoms with E-state index in [-0.39, 0.29) is 23.5 Å². The molecule has 1 unspecified atom stereocenters. The number of hydrogen-bond donors (Lipinski definition) is 0. The average Bonchev–Trinajstić information content (AvgIpc) is 2.67. The summed E-state index contributed by atoms with van der Waals surface area (Å²) in [5, 5.41) is 0. The van der Waals surface area contributed by atoms with E-state index in [2.05, 4.69) is 0 Å². The Kier molecular flexibility index (Phi) is 5.12. The molecule has 3 rings (SSSR count). The molecular weight excluding hydrogens is 319 g/mol. The number of rotatable bonds is 3. The molecule has 1 aliphatic heterocycles. The molecule has 2 aromatic carbocycles. The second-order valence-corrected chi connectivity index (χ2v) is 6.33. The first-order valence-corrected chi connectivity index (χ1v) is 8.43. The number of halogens is 1. The summed E-state index contributed by atoms with van der Waals surface area (Å²) in [6.45, 7) is 1.02. The predicted molar refractivity (Wildman–Crippen MR) is 94.9 cm³/mol. The number of likely N-dealkylation sites (tertiary alicyclic amines) is 1. The summed E-state index contributed by atoms with van der Waals surface area (Å²) in [5.41, 5.74) is 1.29. The Morgan fingerprint density at radius 2 is 1.76 bits per heavy atom. The highest BCUT2D eigenvalue weighted by Gasteiger charge is 2.31. The number of carbonyl (C=O) groups excluding carboxylic acids is 2. The van der Waals surface area contributed by atoms with E-state index in [0.717, 1.165) is 18.5 Å². The third-order valence-electron chi connectivity index (χ3n) is 4.62. The molecule has 4 nitrogen and oxygen atoms in total. The molecule has 1 atom stereocenters. The van der Waals surface area contributed by atoms with Crippen LogP contribution in [0, 0.1) is 11.7 Å². The molecule has 1 saturated heterocycles. The predicted octanol–water partition coefficient (Wildman–Crippen LogP) is 3.34. The van der Waals surface area contributed by atoms with Gasteiger partial charge in [0.25, 0.3) is 5.91 Å². The Morgan fingerprint density at radius 3 is 2.44 bits per heavy atom. The van der Waals surface area contributed by atoms with E-state index in [1.165, 1.54) is 24.3 Å². The van der Waals surface area contributed by atoms with Gasteiger partial charge in [-0.2, -0.15) is 0 Å². The zero-order valence-electron chi connectivity index (χ0n) is 14.2. The van der Waals surface area contributed by atoms with Gasteiger partial charge in [-0.05, 0) is 49.2 Å². The van der Waals surface area contributed by atoms with Gasteiger partial charge in [-0.3, -0.25) is 9.59 Å². The van der Waals surface area contributed by atoms with E-state index in [1.807, 2.05) is 30.3 Å². The molecule has 0 radical (unpaired) electrons. The normalized spacial score (nSPS) is 17.2. The summed E-state index contributed by atoms with van der Waals surface area (Å²) in [6, 6.07) is 15.0. The van der Waals surface area contributed by atoms with Crippen LogP contribution in [0.5, 0.6) is 0 Å². The molecule has 1 fully saturated rings. The van der Waals surface area contributed by atoms with Crippen LogP contribution in [0.4, 0.5) is 10.1 Å². The molecule has 5 heteroatoms. The second-order valence-electron chi connectivity index (χ2n) is 6.33. The SMILES string of the molecule is CN(C(=O)C1CCCN(C(=O)c2ccc(F)cc2)C1)c1ccccc1. The molecule has 1 aliphatic rings. The van der Waals surface area contributed by atoms with Gasteiger partial charge in [-0.1, -0.05) is 18.2 Å². The van der Waals surface area contributed by atoms with Crippen LogP contribution < -0.4 is 4.90 Å². The number of hydrogen-bond acceptors (Lipinski definition) is 2. The van der Waals surface area contributed by atoms with Crippen LogP contribution in [-0.4, -0.2) is 36.9 Å². The van der Waals surface area contributed by atoms with Gasteiger partial charge in [0.15, 0.2) is 0 Å². The summed E-state index contributed by atoms with van der Waals surface area (Å²) >= 11 is 0. The van der Waals surface area contributed by atoms with Gasteiger partial charge in [-0.15, -0.1) is 0 Å². The van der Waals surface area contributed by atoms with Crippen LogP contribution in [-0.2, 0) is 4.79 Å². The van der Waals surface area contributed by atoms with Crippen molar-refractivity contribution in [2.45, 2.75) is 12.8 Å². The topological polar surface area (TPSA) is 40.6 Å². The first-order chi connectivity index (χ1) is 12.1. The van der Waals surface area contributed by atoms with Gasteiger partial charge in [0.05, 0.1) is 5.92 Å². The minimum Gasteiger partial charge on any atom is -0.338 e. The molecule has 0 aliphatic carbocycles. The molecule has 2 amide bonds. The lowest BCUT2D eigenvalue weighted by Gasteiger charge is -2.34. The van der Waals surface area contributed by atoms with Gasteiger partial charge in [-0.25, -0.2) is 4.39 Å². The van der Waals surface area contributed by atoms with Crippen LogP contribution in [0.3, 0.4) is 0 Å². The fourth-order valence-corrected chi connectivity index (χ4v) is 3.19. The van der Waals surface area contributed by atoms with E-state index >= 15 is 0 Å². The molecule has 0 bridgehead atoms. The number of carbonyl (C=O) groups is 2. The van der Waals surface area contributed by atoms with Crippen molar-refractivity contribution in [1.82, 2.24) is 4.90 Å². The van der Waals surface area contributed by atoms with Gasteiger partial charge < -0.3 is 9.80 Å². The maximum Gasteiger partial charge on any atom is 0.253 e. The van der Waals surface area contributed by atoms with E-state index in [9.17, 15) is 14.0 Å². The van der Waals surface area contributed by atoms with Crippen molar-refractivity contribution in [3.63, 3.8) is 0 Å². The lowest BCUT2D eigenvalue weighted by molar-refractivity contribution is -0.123. The summed E-state index contributed by atoms with van der Waals surface area (Å²) in [7, 11) is 1.76. The average molecular weight is 340 g/mol. The summed E-state index contributed by atoms with van der Waals surface area (Å²) < 4.78 is 13.0. The number of benzene rings is 2. The zero-order valence-corrected chi connectivity index (χ0v) is 14.2. The van der Waals surface area contributed by atoms with Gasteiger partial charge in [0.2, 0.25) is 5.91 Å². The summed E-state index contributed by atoms with van der Waals surface area (Å²) in [4.78, 5) is 28.7. The Hall–Kier alpha value is -2.69. The molecule has 130 valence electrons. The minimum absolute atomic E-state index is 0.0165. The van der Waals surface area contributed by atoms with Crippen LogP contribution in [0.1, 0.15) is 23.2 Å². The first kappa shape index (κ1) is 17.1. The van der Waals surface area contributed by atoms with Crippen molar-refractivity contribution in [2.24, 2.45) is 5.92 Å². The van der Waals surface area contributed by atoms with Crippen molar-refractivity contribution in [3.05, 3.63) is 66.0 Å². The quantitative estimate of drug-likeness (QED) is 0.860. The highest BCUT2D eigenvalue weighted by atomic mass is 19.1. The van der Waals surface area contributed by atoms with E-state index in [0.29, 0.717) is 18.7 Å². The smallest absolute Gasteiger partial charge is 0.253 e. The van der Waals surface area contributed by atoms with Crippen LogP contribution >= 0.6 is 0 Å². The maximum absolute atomic E-state index is 13.0. The lowest BCUT2D eigenvalue weighted by atomic mass is 9.95. The molecule has 0 N–H and O–H groups in total. The molecule has 0 aromatic heterocycles. The molecular formula is C20H21FN2O2. The van der Waals surface area contributed by atoms with Gasteiger partial charge in [0, 0.05) is 31.4 Å². The summed E-state index contributed by atoms with van der Waals surface area (Å²) in [6.07, 6.45) is 1.55. The molecule has 25 heavy (non-hydrogen) atoms. The number of amides is 2. The number of anilines is 1. The van der Waals surface area contributed by atoms with E-state index < -0.39 is 0 Å². The molecule has 1 heterocycles. The van der Waals surface area contributed by atoms with Crippen LogP contribution in [0.2, 0.25) is 0 Å². The fourth-order valence-electron chi connectivity index (χ4n) is 3.19. The van der Waals surface area contributed by atoms with Gasteiger partial charge in [0.1, 0.15) is 5.82 Å². The summed E-state index contributed by atoms with van der Waals surface area (Å²) in [5.74, 6) is -0.723. The van der Waals surface area contributed by atoms with Crippen molar-refractivity contribution < 1.29 is 14.0 Å². The lowest BCUT2D eigenvalue weighted by Crippen LogP contribution is -2.46. The zero-order chi connectivity index (χ0) is 17.8. The maximum atomic E-state index is 13.0. The Labute approximate surface area is 146 Å². The Morgan fingerprint density at radius 1 is 1.08 bits per heavy atom. The molecule has 2 aromatic rings. The first-order valence-electron chi connectivity index (χ1n) is 8.43. The van der Waals surface area contributed by atoms with E-state index in [4.69, 9.17) is 0 Å². The molecule has 0 saturated carbocycles. The van der Waals surface area contributed by atoms with Gasteiger partial charge >= 0.3 is 0 Å². The Bertz CT molecular complexity index is 746. The second kappa shape index (κ2) is 7.47.